The van der Waals surface area contributed by atoms with Crippen molar-refractivity contribution in [1.29, 1.82) is 0 Å². The van der Waals surface area contributed by atoms with Crippen molar-refractivity contribution in [3.05, 3.63) is 48.3 Å². The zero-order valence-electron chi connectivity index (χ0n) is 13.5. The highest BCUT2D eigenvalue weighted by molar-refractivity contribution is 5.89. The smallest absolute Gasteiger partial charge is 0.137 e. The third-order valence-corrected chi connectivity index (χ3v) is 4.63. The van der Waals surface area contributed by atoms with Crippen molar-refractivity contribution in [2.45, 2.75) is 45.2 Å². The molecule has 0 saturated heterocycles. The Morgan fingerprint density at radius 3 is 3.04 bits per heavy atom. The first kappa shape index (κ1) is 14.2. The molecule has 2 aromatic heterocycles. The molecular weight excluding hydrogens is 286 g/mol. The molecule has 1 aliphatic rings. The second kappa shape index (κ2) is 5.65. The van der Waals surface area contributed by atoms with Crippen molar-refractivity contribution in [3.8, 4) is 0 Å². The molecule has 118 valence electrons. The molecule has 0 spiro atoms. The van der Waals surface area contributed by atoms with E-state index < -0.39 is 0 Å². The van der Waals surface area contributed by atoms with Crippen LogP contribution in [0.15, 0.2) is 37.1 Å². The fraction of sp³-hybridized carbons (Fsp3) is 0.389. The van der Waals surface area contributed by atoms with E-state index in [2.05, 4.69) is 56.9 Å². The Labute approximate surface area is 135 Å². The van der Waals surface area contributed by atoms with Gasteiger partial charge in [0.1, 0.15) is 12.1 Å². The summed E-state index contributed by atoms with van der Waals surface area (Å²) in [5, 5.41) is 4.73. The van der Waals surface area contributed by atoms with Gasteiger partial charge in [-0.25, -0.2) is 15.0 Å². The molecule has 1 N–H and O–H groups in total. The molecule has 5 nitrogen and oxygen atoms in total. The van der Waals surface area contributed by atoms with Gasteiger partial charge in [0.05, 0.1) is 11.8 Å². The van der Waals surface area contributed by atoms with Gasteiger partial charge in [0.2, 0.25) is 0 Å². The summed E-state index contributed by atoms with van der Waals surface area (Å²) >= 11 is 0. The maximum Gasteiger partial charge on any atom is 0.137 e. The lowest BCUT2D eigenvalue weighted by molar-refractivity contribution is 0.483. The van der Waals surface area contributed by atoms with Gasteiger partial charge in [-0.2, -0.15) is 0 Å². The minimum atomic E-state index is 0.373. The molecule has 0 fully saturated rings. The zero-order valence-corrected chi connectivity index (χ0v) is 13.5. The lowest BCUT2D eigenvalue weighted by Crippen LogP contribution is -2.31. The number of fused-ring (bicyclic) bond motifs is 2. The molecule has 0 aliphatic carbocycles. The summed E-state index contributed by atoms with van der Waals surface area (Å²) in [6.07, 6.45) is 7.67. The highest BCUT2D eigenvalue weighted by Gasteiger charge is 2.19. The van der Waals surface area contributed by atoms with E-state index in [4.69, 9.17) is 0 Å². The van der Waals surface area contributed by atoms with Crippen molar-refractivity contribution in [2.24, 2.45) is 0 Å². The SMILES string of the molecule is CC(C)c1ccc2ncnc(NC3CCc4cncn4C3)c2c1. The number of hydrogen-bond donors (Lipinski definition) is 1. The van der Waals surface area contributed by atoms with Gasteiger partial charge < -0.3 is 9.88 Å². The molecule has 3 aromatic rings. The molecule has 1 atom stereocenters. The van der Waals surface area contributed by atoms with E-state index in [0.29, 0.717) is 12.0 Å². The van der Waals surface area contributed by atoms with Crippen LogP contribution in [0, 0.1) is 0 Å². The number of nitrogens with zero attached hydrogens (tertiary/aromatic N) is 4. The van der Waals surface area contributed by atoms with Gasteiger partial charge in [-0.3, -0.25) is 0 Å². The van der Waals surface area contributed by atoms with Gasteiger partial charge in [0, 0.05) is 29.9 Å². The number of nitrogens with one attached hydrogen (secondary N) is 1. The molecule has 0 radical (unpaired) electrons. The first-order valence-electron chi connectivity index (χ1n) is 8.21. The normalized spacial score (nSPS) is 17.4. The first-order valence-corrected chi connectivity index (χ1v) is 8.21. The Kier molecular flexibility index (Phi) is 3.48. The predicted octanol–water partition coefficient (Wildman–Crippen LogP) is 3.38. The fourth-order valence-electron chi connectivity index (χ4n) is 3.23. The second-order valence-electron chi connectivity index (χ2n) is 6.57. The lowest BCUT2D eigenvalue weighted by atomic mass is 10.0. The van der Waals surface area contributed by atoms with Crippen LogP contribution >= 0.6 is 0 Å². The highest BCUT2D eigenvalue weighted by atomic mass is 15.1. The fourth-order valence-corrected chi connectivity index (χ4v) is 3.23. The predicted molar refractivity (Wildman–Crippen MR) is 91.6 cm³/mol. The molecule has 0 bridgehead atoms. The van der Waals surface area contributed by atoms with Crippen molar-refractivity contribution in [1.82, 2.24) is 19.5 Å². The van der Waals surface area contributed by atoms with Crippen molar-refractivity contribution < 1.29 is 0 Å². The average molecular weight is 307 g/mol. The van der Waals surface area contributed by atoms with Gasteiger partial charge in [0.25, 0.3) is 0 Å². The lowest BCUT2D eigenvalue weighted by Gasteiger charge is -2.26. The van der Waals surface area contributed by atoms with Crippen LogP contribution in [0.5, 0.6) is 0 Å². The summed E-state index contributed by atoms with van der Waals surface area (Å²) < 4.78 is 2.23. The molecule has 3 heterocycles. The summed E-state index contributed by atoms with van der Waals surface area (Å²) in [5.41, 5.74) is 3.62. The third-order valence-electron chi connectivity index (χ3n) is 4.63. The molecule has 1 unspecified atom stereocenters. The maximum atomic E-state index is 4.50. The minimum absolute atomic E-state index is 0.373. The quantitative estimate of drug-likeness (QED) is 0.806. The van der Waals surface area contributed by atoms with E-state index in [1.807, 2.05) is 12.5 Å². The molecule has 0 amide bonds. The van der Waals surface area contributed by atoms with Gasteiger partial charge in [-0.15, -0.1) is 0 Å². The van der Waals surface area contributed by atoms with Gasteiger partial charge in [-0.1, -0.05) is 19.9 Å². The third kappa shape index (κ3) is 2.67. The summed E-state index contributed by atoms with van der Waals surface area (Å²) in [4.78, 5) is 13.1. The van der Waals surface area contributed by atoms with Crippen molar-refractivity contribution in [3.63, 3.8) is 0 Å². The molecular formula is C18H21N5. The van der Waals surface area contributed by atoms with E-state index in [0.717, 1.165) is 36.1 Å². The Hall–Kier alpha value is -2.43. The Bertz CT molecular complexity index is 836. The van der Waals surface area contributed by atoms with Crippen molar-refractivity contribution in [2.75, 3.05) is 5.32 Å². The number of benzene rings is 1. The molecule has 4 rings (SSSR count). The number of anilines is 1. The van der Waals surface area contributed by atoms with Crippen LogP contribution in [0.2, 0.25) is 0 Å². The number of aryl methyl sites for hydroxylation is 1. The zero-order chi connectivity index (χ0) is 15.8. The Morgan fingerprint density at radius 1 is 1.26 bits per heavy atom. The largest absolute Gasteiger partial charge is 0.365 e. The number of hydrogen-bond acceptors (Lipinski definition) is 4. The van der Waals surface area contributed by atoms with E-state index in [1.165, 1.54) is 11.3 Å². The molecule has 0 saturated carbocycles. The van der Waals surface area contributed by atoms with Gasteiger partial charge in [-0.05, 0) is 36.5 Å². The van der Waals surface area contributed by atoms with E-state index in [9.17, 15) is 0 Å². The van der Waals surface area contributed by atoms with Gasteiger partial charge >= 0.3 is 0 Å². The van der Waals surface area contributed by atoms with Crippen LogP contribution in [0.25, 0.3) is 10.9 Å². The number of imidazole rings is 1. The van der Waals surface area contributed by atoms with Crippen LogP contribution in [0.1, 0.15) is 37.4 Å². The van der Waals surface area contributed by atoms with Crippen molar-refractivity contribution >= 4 is 16.7 Å². The minimum Gasteiger partial charge on any atom is -0.365 e. The van der Waals surface area contributed by atoms with Crippen LogP contribution in [-0.4, -0.2) is 25.6 Å². The Morgan fingerprint density at radius 2 is 2.17 bits per heavy atom. The van der Waals surface area contributed by atoms with Crippen LogP contribution in [0.3, 0.4) is 0 Å². The molecule has 5 heteroatoms. The number of aromatic nitrogens is 4. The van der Waals surface area contributed by atoms with E-state index >= 15 is 0 Å². The molecule has 23 heavy (non-hydrogen) atoms. The number of rotatable bonds is 3. The van der Waals surface area contributed by atoms with Gasteiger partial charge in [0.15, 0.2) is 0 Å². The molecule has 1 aliphatic heterocycles. The van der Waals surface area contributed by atoms with Crippen LogP contribution < -0.4 is 5.32 Å². The van der Waals surface area contributed by atoms with Crippen LogP contribution in [-0.2, 0) is 13.0 Å². The first-order chi connectivity index (χ1) is 11.2. The monoisotopic (exact) mass is 307 g/mol. The Balaban J connectivity index is 1.65. The second-order valence-corrected chi connectivity index (χ2v) is 6.57. The van der Waals surface area contributed by atoms with Crippen LogP contribution in [0.4, 0.5) is 5.82 Å². The standard InChI is InChI=1S/C18H21N5/c1-12(2)13-3-6-17-16(7-13)18(21-10-20-17)22-14-4-5-15-8-19-11-23(15)9-14/h3,6-8,10-12,14H,4-5,9H2,1-2H3,(H,20,21,22). The maximum absolute atomic E-state index is 4.50. The summed E-state index contributed by atoms with van der Waals surface area (Å²) in [6, 6.07) is 6.83. The topological polar surface area (TPSA) is 55.6 Å². The summed E-state index contributed by atoms with van der Waals surface area (Å²) in [5.74, 6) is 1.43. The summed E-state index contributed by atoms with van der Waals surface area (Å²) in [7, 11) is 0. The highest BCUT2D eigenvalue weighted by Crippen LogP contribution is 2.26. The molecule has 1 aromatic carbocycles. The average Bonchev–Trinajstić information content (AvgIpc) is 3.02. The van der Waals surface area contributed by atoms with E-state index in [-0.39, 0.29) is 0 Å². The van der Waals surface area contributed by atoms with E-state index in [1.54, 1.807) is 6.33 Å². The summed E-state index contributed by atoms with van der Waals surface area (Å²) in [6.45, 7) is 5.35.